The molecule has 2 aromatic heterocycles. The van der Waals surface area contributed by atoms with Crippen LogP contribution in [0.2, 0.25) is 0 Å². The molecule has 1 aliphatic carbocycles. The molecule has 5 heterocycles. The van der Waals surface area contributed by atoms with Gasteiger partial charge in [-0.15, -0.1) is 0 Å². The van der Waals surface area contributed by atoms with Gasteiger partial charge in [0.2, 0.25) is 5.82 Å². The highest BCUT2D eigenvalue weighted by Gasteiger charge is 2.59. The average molecular weight is 1010 g/mol. The minimum absolute atomic E-state index is 0.0866. The molecule has 0 radical (unpaired) electrons. The fourth-order valence-electron chi connectivity index (χ4n) is 11.3. The third-order valence-electron chi connectivity index (χ3n) is 15.2. The van der Waals surface area contributed by atoms with E-state index in [-0.39, 0.29) is 43.2 Å². The molecule has 3 fully saturated rings. The molecular weight excluding hydrogens is 934 g/mol. The zero-order valence-corrected chi connectivity index (χ0v) is 44.7. The summed E-state index contributed by atoms with van der Waals surface area (Å²) in [5.74, 6) is -3.07. The number of anilines is 1. The summed E-state index contributed by atoms with van der Waals surface area (Å²) in [5, 5.41) is 0.624. The van der Waals surface area contributed by atoms with Gasteiger partial charge in [-0.3, -0.25) is 18.7 Å². The highest BCUT2D eigenvalue weighted by Crippen LogP contribution is 2.48. The smallest absolute Gasteiger partial charge is 0.351 e. The lowest BCUT2D eigenvalue weighted by atomic mass is 9.79. The molecule has 14 nitrogen and oxygen atoms in total. The Labute approximate surface area is 429 Å². The Morgan fingerprint density at radius 1 is 0.822 bits per heavy atom. The van der Waals surface area contributed by atoms with Crippen LogP contribution in [-0.4, -0.2) is 70.5 Å². The van der Waals surface area contributed by atoms with Crippen molar-refractivity contribution in [3.8, 4) is 0 Å². The molecule has 1 spiro atoms. The van der Waals surface area contributed by atoms with E-state index in [1.165, 1.54) is 36.5 Å². The number of benzene rings is 1. The standard InChI is InChI=1S/C58H80FN3O11/c1-9-68-54(65)44-33-42-32-43-41(6)35-57(7,8)62(46(43)34-47(42)71-55(44)66)30-21-26-49(63)69-37-48-50-51(73-58(72-50)28-17-15-13-11-10-12-14-16-18-29-58)53(70-48)61-36-45(59)52(64)60(56(61)67)31-27-40(5)25-20-24-39(4)23-19-22-38(2)3/h22,24,27,32-34,36,41,48,50-51,53H,9-21,23,25-26,28-31,35,37H2,1-8H3/t41?,48-,50?,51?,53-/m1/s1. The lowest BCUT2D eigenvalue weighted by Crippen LogP contribution is -2.48. The predicted octanol–water partition coefficient (Wildman–Crippen LogP) is 11.6. The third kappa shape index (κ3) is 13.8. The Morgan fingerprint density at radius 3 is 2.14 bits per heavy atom. The van der Waals surface area contributed by atoms with Crippen LogP contribution in [0.15, 0.2) is 78.1 Å². The van der Waals surface area contributed by atoms with Crippen LogP contribution in [0.1, 0.15) is 199 Å². The molecule has 2 saturated heterocycles. The normalized spacial score (nSPS) is 23.4. The Morgan fingerprint density at radius 2 is 1.47 bits per heavy atom. The van der Waals surface area contributed by atoms with Gasteiger partial charge in [-0.1, -0.05) is 86.8 Å². The van der Waals surface area contributed by atoms with Crippen molar-refractivity contribution < 1.29 is 42.1 Å². The van der Waals surface area contributed by atoms with E-state index in [4.69, 9.17) is 28.1 Å². The third-order valence-corrected chi connectivity index (χ3v) is 15.2. The van der Waals surface area contributed by atoms with E-state index in [0.717, 1.165) is 103 Å². The highest BCUT2D eigenvalue weighted by atomic mass is 19.1. The number of esters is 2. The molecule has 7 rings (SSSR count). The first-order chi connectivity index (χ1) is 34.9. The molecule has 1 aromatic carbocycles. The summed E-state index contributed by atoms with van der Waals surface area (Å²) in [6.45, 7) is 16.7. The van der Waals surface area contributed by atoms with Crippen LogP contribution in [0.4, 0.5) is 10.1 Å². The number of carbonyl (C=O) groups excluding carboxylic acids is 2. The van der Waals surface area contributed by atoms with Crippen molar-refractivity contribution in [3.05, 3.63) is 108 Å². The molecule has 15 heteroatoms. The first-order valence-corrected chi connectivity index (χ1v) is 27.1. The number of nitrogens with zero attached hydrogens (tertiary/aromatic N) is 3. The molecule has 1 saturated carbocycles. The van der Waals surface area contributed by atoms with Crippen molar-refractivity contribution in [3.63, 3.8) is 0 Å². The summed E-state index contributed by atoms with van der Waals surface area (Å²) in [4.78, 5) is 68.9. The highest BCUT2D eigenvalue weighted by molar-refractivity contribution is 5.94. The molecule has 400 valence electrons. The van der Waals surface area contributed by atoms with Gasteiger partial charge in [0.05, 0.1) is 12.8 Å². The van der Waals surface area contributed by atoms with E-state index in [1.807, 2.05) is 19.1 Å². The molecule has 5 atom stereocenters. The molecule has 3 unspecified atom stereocenters. The maximum Gasteiger partial charge on any atom is 0.351 e. The Balaban J connectivity index is 1.06. The van der Waals surface area contributed by atoms with Gasteiger partial charge >= 0.3 is 23.3 Å². The lowest BCUT2D eigenvalue weighted by molar-refractivity contribution is -0.229. The number of fused-ring (bicyclic) bond motifs is 3. The van der Waals surface area contributed by atoms with Crippen LogP contribution in [-0.2, 0) is 35.0 Å². The number of ether oxygens (including phenoxy) is 5. The maximum absolute atomic E-state index is 15.7. The Hall–Kier alpha value is -5.12. The van der Waals surface area contributed by atoms with Crippen LogP contribution < -0.4 is 21.8 Å². The summed E-state index contributed by atoms with van der Waals surface area (Å²) < 4.78 is 54.8. The van der Waals surface area contributed by atoms with Crippen molar-refractivity contribution in [2.24, 2.45) is 0 Å². The minimum Gasteiger partial charge on any atom is -0.463 e. The van der Waals surface area contributed by atoms with Crippen molar-refractivity contribution in [2.75, 3.05) is 24.7 Å². The molecule has 4 aliphatic rings. The zero-order valence-electron chi connectivity index (χ0n) is 44.7. The van der Waals surface area contributed by atoms with E-state index >= 15 is 4.39 Å². The number of allylic oxidation sites excluding steroid dienone is 6. The second-order valence-corrected chi connectivity index (χ2v) is 21.8. The van der Waals surface area contributed by atoms with Crippen LogP contribution in [0.5, 0.6) is 0 Å². The van der Waals surface area contributed by atoms with Crippen LogP contribution >= 0.6 is 0 Å². The molecule has 0 N–H and O–H groups in total. The summed E-state index contributed by atoms with van der Waals surface area (Å²) in [6.07, 6.45) is 19.4. The van der Waals surface area contributed by atoms with Gasteiger partial charge in [0.1, 0.15) is 36.1 Å². The van der Waals surface area contributed by atoms with E-state index in [2.05, 4.69) is 58.6 Å². The van der Waals surface area contributed by atoms with Crippen molar-refractivity contribution >= 4 is 28.6 Å². The van der Waals surface area contributed by atoms with Crippen LogP contribution in [0.3, 0.4) is 0 Å². The van der Waals surface area contributed by atoms with Gasteiger partial charge in [-0.25, -0.2) is 14.4 Å². The zero-order chi connectivity index (χ0) is 52.5. The van der Waals surface area contributed by atoms with Gasteiger partial charge in [-0.05, 0) is 123 Å². The van der Waals surface area contributed by atoms with Crippen molar-refractivity contribution in [1.82, 2.24) is 9.13 Å². The van der Waals surface area contributed by atoms with Crippen molar-refractivity contribution in [2.45, 2.75) is 219 Å². The fraction of sp³-hybridized carbons (Fsp3) is 0.638. The number of hydrogen-bond donors (Lipinski definition) is 0. The Bertz CT molecular complexity index is 2700. The molecule has 3 aromatic rings. The van der Waals surface area contributed by atoms with E-state index in [0.29, 0.717) is 36.8 Å². The van der Waals surface area contributed by atoms with Gasteiger partial charge in [0, 0.05) is 55.0 Å². The first-order valence-electron chi connectivity index (χ1n) is 27.1. The number of rotatable bonds is 17. The lowest BCUT2D eigenvalue weighted by Gasteiger charge is -2.47. The van der Waals surface area contributed by atoms with Gasteiger partial charge in [-0.2, -0.15) is 4.39 Å². The number of halogens is 1. The van der Waals surface area contributed by atoms with E-state index in [9.17, 15) is 24.0 Å². The first kappa shape index (κ1) is 55.6. The average Bonchev–Trinajstić information content (AvgIpc) is 3.86. The Kier molecular flexibility index (Phi) is 19.0. The van der Waals surface area contributed by atoms with E-state index in [1.54, 1.807) is 13.0 Å². The molecule has 0 bridgehead atoms. The number of hydrogen-bond acceptors (Lipinski definition) is 12. The summed E-state index contributed by atoms with van der Waals surface area (Å²) in [5.41, 5.74) is 2.88. The molecule has 0 amide bonds. The van der Waals surface area contributed by atoms with Gasteiger partial charge in [0.25, 0.3) is 5.56 Å². The largest absolute Gasteiger partial charge is 0.463 e. The fourth-order valence-corrected chi connectivity index (χ4v) is 11.3. The summed E-state index contributed by atoms with van der Waals surface area (Å²) in [6, 6.07) is 5.34. The molecule has 73 heavy (non-hydrogen) atoms. The SMILES string of the molecule is CCOC(=O)c1cc2cc3c(cc2oc1=O)N(CCCC(=O)OC[C@H]1O[C@@H](n2cc(F)c(=O)n(CC=C(C)CCC=C(C)CCC=C(C)C)c2=O)C2OC4(CCCCCCCCCCC4)OC21)C(C)(C)CC3C. The maximum atomic E-state index is 15.7. The minimum atomic E-state index is -1.16. The predicted molar refractivity (Wildman–Crippen MR) is 281 cm³/mol. The van der Waals surface area contributed by atoms with Crippen LogP contribution in [0, 0.1) is 5.82 Å². The van der Waals surface area contributed by atoms with Crippen LogP contribution in [0.25, 0.3) is 11.0 Å². The second kappa shape index (κ2) is 24.9. The quantitative estimate of drug-likeness (QED) is 0.0717. The molecule has 3 aliphatic heterocycles. The van der Waals surface area contributed by atoms with Gasteiger partial charge < -0.3 is 33.0 Å². The summed E-state index contributed by atoms with van der Waals surface area (Å²) in [7, 11) is 0. The van der Waals surface area contributed by atoms with E-state index < -0.39 is 65.0 Å². The number of carbonyl (C=O) groups is 2. The summed E-state index contributed by atoms with van der Waals surface area (Å²) >= 11 is 0. The second-order valence-electron chi connectivity index (χ2n) is 21.8. The number of aromatic nitrogens is 2. The topological polar surface area (TPSA) is 158 Å². The van der Waals surface area contributed by atoms with Gasteiger partial charge in [0.15, 0.2) is 12.0 Å². The van der Waals surface area contributed by atoms with Crippen molar-refractivity contribution in [1.29, 1.82) is 0 Å². The molecular formula is C58H80FN3O11. The monoisotopic (exact) mass is 1010 g/mol.